The van der Waals surface area contributed by atoms with E-state index in [1.165, 1.54) is 11.2 Å². The molecular formula is C30H34N4O7. The van der Waals surface area contributed by atoms with E-state index in [1.807, 2.05) is 6.92 Å². The van der Waals surface area contributed by atoms with E-state index < -0.39 is 35.7 Å². The van der Waals surface area contributed by atoms with Crippen LogP contribution in [0.5, 0.6) is 0 Å². The number of allylic oxidation sites excluding steroid dienone is 1. The van der Waals surface area contributed by atoms with E-state index in [-0.39, 0.29) is 42.3 Å². The molecule has 3 heterocycles. The lowest BCUT2D eigenvalue weighted by Gasteiger charge is -2.31. The molecule has 2 unspecified atom stereocenters. The van der Waals surface area contributed by atoms with Crippen molar-refractivity contribution in [2.75, 3.05) is 13.1 Å². The Balaban J connectivity index is 1.54. The molecule has 11 nitrogen and oxygen atoms in total. The van der Waals surface area contributed by atoms with Gasteiger partial charge in [-0.1, -0.05) is 12.1 Å². The van der Waals surface area contributed by atoms with Gasteiger partial charge in [0.1, 0.15) is 17.8 Å². The van der Waals surface area contributed by atoms with E-state index in [0.29, 0.717) is 36.3 Å². The van der Waals surface area contributed by atoms with Gasteiger partial charge in [-0.2, -0.15) is 0 Å². The van der Waals surface area contributed by atoms with Gasteiger partial charge in [0.2, 0.25) is 23.6 Å². The lowest BCUT2D eigenvalue weighted by molar-refractivity contribution is -0.138. The summed E-state index contributed by atoms with van der Waals surface area (Å²) in [6, 6.07) is 4.70. The average molecular weight is 563 g/mol. The highest BCUT2D eigenvalue weighted by Crippen LogP contribution is 2.30. The summed E-state index contributed by atoms with van der Waals surface area (Å²) in [6.07, 6.45) is 4.24. The number of fused-ring (bicyclic) bond motifs is 1. The van der Waals surface area contributed by atoms with E-state index in [4.69, 9.17) is 4.42 Å². The number of aryl methyl sites for hydroxylation is 2. The van der Waals surface area contributed by atoms with E-state index in [9.17, 15) is 28.8 Å². The zero-order chi connectivity index (χ0) is 29.8. The first-order valence-corrected chi connectivity index (χ1v) is 13.7. The fraction of sp³-hybridized carbons (Fsp3) is 0.400. The van der Waals surface area contributed by atoms with Gasteiger partial charge in [-0.15, -0.1) is 0 Å². The van der Waals surface area contributed by atoms with Gasteiger partial charge in [0.05, 0.1) is 17.4 Å². The number of benzene rings is 1. The third-order valence-corrected chi connectivity index (χ3v) is 7.50. The Morgan fingerprint density at radius 1 is 1.17 bits per heavy atom. The molecule has 6 amide bonds. The fourth-order valence-electron chi connectivity index (χ4n) is 5.23. The van der Waals surface area contributed by atoms with Crippen LogP contribution in [0.15, 0.2) is 46.6 Å². The summed E-state index contributed by atoms with van der Waals surface area (Å²) in [6.45, 7) is 7.65. The van der Waals surface area contributed by atoms with Crippen molar-refractivity contribution in [3.63, 3.8) is 0 Å². The largest absolute Gasteiger partial charge is 0.469 e. The molecule has 1 aromatic carbocycles. The third kappa shape index (κ3) is 5.84. The summed E-state index contributed by atoms with van der Waals surface area (Å²) in [5.74, 6) is -2.28. The minimum atomic E-state index is -1.03. The molecule has 2 aromatic rings. The Morgan fingerprint density at radius 2 is 1.90 bits per heavy atom. The van der Waals surface area contributed by atoms with Crippen molar-refractivity contribution >= 4 is 35.4 Å². The molecule has 4 rings (SSSR count). The van der Waals surface area contributed by atoms with Gasteiger partial charge in [0, 0.05) is 30.6 Å². The number of carbonyl (C=O) groups is 6. The smallest absolute Gasteiger partial charge is 0.262 e. The van der Waals surface area contributed by atoms with Crippen LogP contribution in [0, 0.1) is 6.92 Å². The number of hydrogen-bond donors (Lipinski definition) is 2. The molecule has 0 bridgehead atoms. The maximum absolute atomic E-state index is 13.4. The van der Waals surface area contributed by atoms with Crippen molar-refractivity contribution in [1.29, 1.82) is 0 Å². The van der Waals surface area contributed by atoms with Gasteiger partial charge in [0.25, 0.3) is 11.8 Å². The molecule has 2 N–H and O–H groups in total. The predicted octanol–water partition coefficient (Wildman–Crippen LogP) is 2.59. The average Bonchev–Trinajstić information content (AvgIpc) is 3.47. The van der Waals surface area contributed by atoms with Crippen LogP contribution in [0.1, 0.15) is 83.7 Å². The lowest BCUT2D eigenvalue weighted by atomic mass is 10.0. The summed E-state index contributed by atoms with van der Waals surface area (Å²) < 4.78 is 5.45. The number of nitrogens with zero attached hydrogens (tertiary/aromatic N) is 2. The minimum absolute atomic E-state index is 0.0482. The molecule has 1 aromatic heterocycles. The molecule has 0 aliphatic carbocycles. The van der Waals surface area contributed by atoms with Crippen molar-refractivity contribution in [2.24, 2.45) is 0 Å². The van der Waals surface area contributed by atoms with Crippen LogP contribution < -0.4 is 10.6 Å². The number of hydrogen-bond acceptors (Lipinski definition) is 7. The van der Waals surface area contributed by atoms with Crippen LogP contribution in [0.4, 0.5) is 0 Å². The molecule has 41 heavy (non-hydrogen) atoms. The number of likely N-dealkylation sites (N-methyl/N-ethyl adjacent to an activating group) is 1. The fourth-order valence-corrected chi connectivity index (χ4v) is 5.23. The minimum Gasteiger partial charge on any atom is -0.469 e. The van der Waals surface area contributed by atoms with Gasteiger partial charge in [-0.25, -0.2) is 0 Å². The van der Waals surface area contributed by atoms with Gasteiger partial charge in [-0.05, 0) is 70.7 Å². The Kier molecular flexibility index (Phi) is 8.85. The highest BCUT2D eigenvalue weighted by Gasteiger charge is 2.44. The van der Waals surface area contributed by atoms with Crippen LogP contribution in [0.25, 0.3) is 0 Å². The summed E-state index contributed by atoms with van der Waals surface area (Å²) >= 11 is 0. The maximum Gasteiger partial charge on any atom is 0.262 e. The predicted molar refractivity (Wildman–Crippen MR) is 147 cm³/mol. The van der Waals surface area contributed by atoms with Gasteiger partial charge >= 0.3 is 0 Å². The van der Waals surface area contributed by atoms with Crippen molar-refractivity contribution in [3.8, 4) is 0 Å². The quantitative estimate of drug-likeness (QED) is 0.334. The van der Waals surface area contributed by atoms with E-state index in [0.717, 1.165) is 10.5 Å². The first-order valence-electron chi connectivity index (χ1n) is 13.7. The van der Waals surface area contributed by atoms with Gasteiger partial charge < -0.3 is 14.6 Å². The first-order chi connectivity index (χ1) is 19.6. The number of nitrogens with one attached hydrogen (secondary N) is 2. The first kappa shape index (κ1) is 29.4. The number of carbonyl (C=O) groups excluding carboxylic acids is 6. The summed E-state index contributed by atoms with van der Waals surface area (Å²) in [7, 11) is 0. The summed E-state index contributed by atoms with van der Waals surface area (Å²) in [5, 5.41) is 5.01. The number of piperidine rings is 1. The van der Waals surface area contributed by atoms with E-state index >= 15 is 0 Å². The normalized spacial score (nSPS) is 17.8. The molecule has 11 heteroatoms. The molecule has 0 radical (unpaired) electrons. The third-order valence-electron chi connectivity index (χ3n) is 7.50. The molecule has 2 aliphatic rings. The van der Waals surface area contributed by atoms with Gasteiger partial charge in [0.15, 0.2) is 0 Å². The monoisotopic (exact) mass is 562 g/mol. The van der Waals surface area contributed by atoms with Crippen LogP contribution >= 0.6 is 0 Å². The van der Waals surface area contributed by atoms with Crippen molar-refractivity contribution in [3.05, 3.63) is 70.2 Å². The zero-order valence-electron chi connectivity index (χ0n) is 23.6. The number of furan rings is 1. The highest BCUT2D eigenvalue weighted by molar-refractivity contribution is 6.23. The van der Waals surface area contributed by atoms with Crippen LogP contribution in [0.3, 0.4) is 0 Å². The van der Waals surface area contributed by atoms with E-state index in [1.54, 1.807) is 51.1 Å². The van der Waals surface area contributed by atoms with Crippen LogP contribution in [-0.4, -0.2) is 64.4 Å². The van der Waals surface area contributed by atoms with Gasteiger partial charge in [-0.3, -0.25) is 39.0 Å². The number of imide groups is 2. The molecule has 2 aliphatic heterocycles. The maximum atomic E-state index is 13.4. The molecule has 0 saturated carbocycles. The van der Waals surface area contributed by atoms with Crippen LogP contribution in [0.2, 0.25) is 0 Å². The Bertz CT molecular complexity index is 1440. The Morgan fingerprint density at radius 3 is 2.54 bits per heavy atom. The summed E-state index contributed by atoms with van der Waals surface area (Å²) in [5.41, 5.74) is 2.26. The molecule has 216 valence electrons. The Labute approximate surface area is 237 Å². The molecule has 1 fully saturated rings. The zero-order valence-corrected chi connectivity index (χ0v) is 23.6. The number of amides is 6. The highest BCUT2D eigenvalue weighted by atomic mass is 16.3. The van der Waals surface area contributed by atoms with Crippen molar-refractivity contribution in [1.82, 2.24) is 20.4 Å². The van der Waals surface area contributed by atoms with Crippen molar-refractivity contribution in [2.45, 2.75) is 65.5 Å². The van der Waals surface area contributed by atoms with Crippen molar-refractivity contribution < 1.29 is 33.2 Å². The lowest BCUT2D eigenvalue weighted by Crippen LogP contribution is -2.54. The standard InChI is InChI=1S/C30H34N4O7/c1-5-17(3)28(38)33(25(27(37)31-6-2)20-13-15-41-18(20)4)14-7-8-19-9-10-21-22(16-19)30(40)34(29(21)39)23-11-12-24(35)32-26(23)36/h5,9-10,13,15-16,23,25H,6-8,11-12,14H2,1-4H3,(H,31,37)(H,32,35,36)/b17-5+. The molecular weight excluding hydrogens is 528 g/mol. The number of rotatable bonds is 10. The van der Waals surface area contributed by atoms with Crippen LogP contribution in [-0.2, 0) is 25.6 Å². The second kappa shape index (κ2) is 12.3. The topological polar surface area (TPSA) is 146 Å². The molecule has 2 atom stereocenters. The second-order valence-electron chi connectivity index (χ2n) is 10.1. The molecule has 1 saturated heterocycles. The second-order valence-corrected chi connectivity index (χ2v) is 10.1. The van der Waals surface area contributed by atoms with E-state index in [2.05, 4.69) is 10.6 Å². The SMILES string of the molecule is C/C=C(\C)C(=O)N(CCCc1ccc2c(c1)C(=O)N(C1CCC(=O)NC1=O)C2=O)C(C(=O)NCC)c1ccoc1C. The molecule has 0 spiro atoms. The summed E-state index contributed by atoms with van der Waals surface area (Å²) in [4.78, 5) is 79.1. The Hall–Kier alpha value is -4.54.